The molecule has 1 aliphatic carbocycles. The number of ether oxygens (including phenoxy) is 1. The first-order valence-corrected chi connectivity index (χ1v) is 11.8. The number of hydrogen-bond acceptors (Lipinski definition) is 3. The number of hydrogen-bond donors (Lipinski definition) is 1. The number of aromatic hydroxyl groups is 1. The monoisotopic (exact) mass is 400 g/mol. The number of ketones is 1. The van der Waals surface area contributed by atoms with E-state index >= 15 is 0 Å². The molecular formula is C26H40O3. The summed E-state index contributed by atoms with van der Waals surface area (Å²) in [5, 5.41) is 10.0. The van der Waals surface area contributed by atoms with Gasteiger partial charge in [0.25, 0.3) is 0 Å². The minimum Gasteiger partial charge on any atom is -0.504 e. The summed E-state index contributed by atoms with van der Waals surface area (Å²) in [4.78, 5) is 12.2. The van der Waals surface area contributed by atoms with Crippen molar-refractivity contribution in [1.29, 1.82) is 0 Å². The number of carbonyl (C=O) groups excluding carboxylic acids is 1. The van der Waals surface area contributed by atoms with Crippen LogP contribution in [0.4, 0.5) is 0 Å². The van der Waals surface area contributed by atoms with Crippen LogP contribution >= 0.6 is 0 Å². The predicted molar refractivity (Wildman–Crippen MR) is 121 cm³/mol. The summed E-state index contributed by atoms with van der Waals surface area (Å²) in [6.45, 7) is 4.59. The third-order valence-electron chi connectivity index (χ3n) is 5.95. The van der Waals surface area contributed by atoms with Crippen LogP contribution in [0.5, 0.6) is 11.5 Å². The standard InChI is InChI=1S/C26H40O3/c1-3-4-6-11-21(2)12-7-5-8-13-23(27)18-16-22-17-19-25(28)26(20-22)29-24-14-9-10-15-24/h8,13,17,19-21,24,28H,3-7,9-12,14-16,18H2,1-2H3. The lowest BCUT2D eigenvalue weighted by Crippen LogP contribution is -2.11. The molecule has 1 aromatic rings. The average molecular weight is 401 g/mol. The maximum Gasteiger partial charge on any atom is 0.161 e. The number of phenols is 1. The number of unbranched alkanes of at least 4 members (excludes halogenated alkanes) is 3. The van der Waals surface area contributed by atoms with Crippen molar-refractivity contribution in [3.63, 3.8) is 0 Å². The molecule has 0 aliphatic heterocycles. The summed E-state index contributed by atoms with van der Waals surface area (Å²) in [7, 11) is 0. The van der Waals surface area contributed by atoms with Crippen molar-refractivity contribution in [2.45, 2.75) is 103 Å². The Kier molecular flexibility index (Phi) is 10.9. The smallest absolute Gasteiger partial charge is 0.161 e. The average Bonchev–Trinajstić information content (AvgIpc) is 3.21. The van der Waals surface area contributed by atoms with Gasteiger partial charge in [0.2, 0.25) is 0 Å². The second kappa shape index (κ2) is 13.5. The number of carbonyl (C=O) groups is 1. The van der Waals surface area contributed by atoms with Crippen LogP contribution in [0.25, 0.3) is 0 Å². The van der Waals surface area contributed by atoms with Crippen LogP contribution in [-0.4, -0.2) is 17.0 Å². The molecule has 1 fully saturated rings. The Morgan fingerprint density at radius 3 is 2.72 bits per heavy atom. The SMILES string of the molecule is CCCCCC(C)CCCC=CC(=O)CCc1ccc(O)c(OC2CCCC2)c1. The van der Waals surface area contributed by atoms with Gasteiger partial charge in [-0.15, -0.1) is 0 Å². The van der Waals surface area contributed by atoms with E-state index in [0.29, 0.717) is 18.6 Å². The third kappa shape index (κ3) is 9.51. The van der Waals surface area contributed by atoms with E-state index in [2.05, 4.69) is 13.8 Å². The summed E-state index contributed by atoms with van der Waals surface area (Å²) >= 11 is 0. The molecule has 3 heteroatoms. The van der Waals surface area contributed by atoms with Gasteiger partial charge in [-0.05, 0) is 74.6 Å². The Balaban J connectivity index is 1.66. The lowest BCUT2D eigenvalue weighted by atomic mass is 9.97. The first-order valence-electron chi connectivity index (χ1n) is 11.8. The number of allylic oxidation sites excluding steroid dienone is 2. The highest BCUT2D eigenvalue weighted by Crippen LogP contribution is 2.32. The molecule has 0 aromatic heterocycles. The van der Waals surface area contributed by atoms with Gasteiger partial charge in [-0.1, -0.05) is 58.1 Å². The Morgan fingerprint density at radius 1 is 1.21 bits per heavy atom. The van der Waals surface area contributed by atoms with Crippen molar-refractivity contribution in [2.24, 2.45) is 5.92 Å². The van der Waals surface area contributed by atoms with E-state index < -0.39 is 0 Å². The van der Waals surface area contributed by atoms with Gasteiger partial charge in [0, 0.05) is 6.42 Å². The first-order chi connectivity index (χ1) is 14.1. The molecule has 0 bridgehead atoms. The molecule has 0 amide bonds. The van der Waals surface area contributed by atoms with Crippen LogP contribution in [0.2, 0.25) is 0 Å². The van der Waals surface area contributed by atoms with E-state index in [4.69, 9.17) is 4.74 Å². The summed E-state index contributed by atoms with van der Waals surface area (Å²) < 4.78 is 5.95. The Labute approximate surface area is 177 Å². The summed E-state index contributed by atoms with van der Waals surface area (Å²) in [5.74, 6) is 1.72. The van der Waals surface area contributed by atoms with Crippen molar-refractivity contribution < 1.29 is 14.6 Å². The molecule has 1 aromatic carbocycles. The van der Waals surface area contributed by atoms with Crippen molar-refractivity contribution in [2.75, 3.05) is 0 Å². The van der Waals surface area contributed by atoms with E-state index in [-0.39, 0.29) is 17.6 Å². The number of benzene rings is 1. The number of aryl methyl sites for hydroxylation is 1. The van der Waals surface area contributed by atoms with E-state index in [1.807, 2.05) is 18.2 Å². The molecule has 1 atom stereocenters. The summed E-state index contributed by atoms with van der Waals surface area (Å²) in [5.41, 5.74) is 1.04. The van der Waals surface area contributed by atoms with E-state index in [1.165, 1.54) is 44.9 Å². The zero-order chi connectivity index (χ0) is 20.9. The molecule has 1 unspecified atom stereocenters. The second-order valence-electron chi connectivity index (χ2n) is 8.73. The van der Waals surface area contributed by atoms with Crippen LogP contribution in [0.15, 0.2) is 30.4 Å². The molecule has 2 rings (SSSR count). The molecule has 1 N–H and O–H groups in total. The fourth-order valence-electron chi connectivity index (χ4n) is 4.03. The normalized spacial score (nSPS) is 15.8. The number of phenolic OH excluding ortho intramolecular Hbond substituents is 1. The Hall–Kier alpha value is -1.77. The minimum atomic E-state index is 0.173. The van der Waals surface area contributed by atoms with Crippen molar-refractivity contribution in [3.8, 4) is 11.5 Å². The topological polar surface area (TPSA) is 46.5 Å². The van der Waals surface area contributed by atoms with Gasteiger partial charge in [0.15, 0.2) is 17.3 Å². The van der Waals surface area contributed by atoms with Gasteiger partial charge in [-0.3, -0.25) is 4.79 Å². The highest BCUT2D eigenvalue weighted by molar-refractivity contribution is 5.89. The zero-order valence-corrected chi connectivity index (χ0v) is 18.5. The van der Waals surface area contributed by atoms with Gasteiger partial charge in [0.1, 0.15) is 0 Å². The maximum absolute atomic E-state index is 12.2. The van der Waals surface area contributed by atoms with Gasteiger partial charge in [-0.2, -0.15) is 0 Å². The minimum absolute atomic E-state index is 0.173. The molecule has 0 radical (unpaired) electrons. The van der Waals surface area contributed by atoms with E-state index in [0.717, 1.165) is 37.2 Å². The second-order valence-corrected chi connectivity index (χ2v) is 8.73. The highest BCUT2D eigenvalue weighted by atomic mass is 16.5. The van der Waals surface area contributed by atoms with Crippen molar-refractivity contribution in [1.82, 2.24) is 0 Å². The molecule has 1 saturated carbocycles. The molecule has 0 spiro atoms. The summed E-state index contributed by atoms with van der Waals surface area (Å²) in [6, 6.07) is 5.46. The molecule has 0 heterocycles. The molecule has 1 aliphatic rings. The van der Waals surface area contributed by atoms with Crippen LogP contribution in [-0.2, 0) is 11.2 Å². The predicted octanol–water partition coefficient (Wildman–Crippen LogP) is 7.16. The number of rotatable bonds is 14. The van der Waals surface area contributed by atoms with Crippen LogP contribution in [0.1, 0.15) is 96.5 Å². The fourth-order valence-corrected chi connectivity index (χ4v) is 4.03. The van der Waals surface area contributed by atoms with Gasteiger partial charge in [0.05, 0.1) is 6.10 Å². The van der Waals surface area contributed by atoms with Crippen molar-refractivity contribution >= 4 is 5.78 Å². The van der Waals surface area contributed by atoms with Crippen molar-refractivity contribution in [3.05, 3.63) is 35.9 Å². The van der Waals surface area contributed by atoms with Crippen LogP contribution in [0, 0.1) is 5.92 Å². The lowest BCUT2D eigenvalue weighted by Gasteiger charge is -2.15. The highest BCUT2D eigenvalue weighted by Gasteiger charge is 2.18. The fraction of sp³-hybridized carbons (Fsp3) is 0.654. The Morgan fingerprint density at radius 2 is 1.97 bits per heavy atom. The zero-order valence-electron chi connectivity index (χ0n) is 18.5. The van der Waals surface area contributed by atoms with Gasteiger partial charge >= 0.3 is 0 Å². The molecule has 0 saturated heterocycles. The molecule has 162 valence electrons. The van der Waals surface area contributed by atoms with Crippen LogP contribution in [0.3, 0.4) is 0 Å². The summed E-state index contributed by atoms with van der Waals surface area (Å²) in [6.07, 6.45) is 18.4. The van der Waals surface area contributed by atoms with E-state index in [9.17, 15) is 9.90 Å². The van der Waals surface area contributed by atoms with Gasteiger partial charge in [-0.25, -0.2) is 0 Å². The largest absolute Gasteiger partial charge is 0.504 e. The third-order valence-corrected chi connectivity index (χ3v) is 5.95. The van der Waals surface area contributed by atoms with Crippen LogP contribution < -0.4 is 4.74 Å². The van der Waals surface area contributed by atoms with Gasteiger partial charge < -0.3 is 9.84 Å². The van der Waals surface area contributed by atoms with E-state index in [1.54, 1.807) is 12.1 Å². The molecular weight excluding hydrogens is 360 g/mol. The molecule has 3 nitrogen and oxygen atoms in total. The quantitative estimate of drug-likeness (QED) is 0.266. The maximum atomic E-state index is 12.2. The Bertz CT molecular complexity index is 629. The molecule has 29 heavy (non-hydrogen) atoms. The lowest BCUT2D eigenvalue weighted by molar-refractivity contribution is -0.114. The first kappa shape index (κ1) is 23.5.